The van der Waals surface area contributed by atoms with Crippen molar-refractivity contribution in [3.63, 3.8) is 0 Å². The smallest absolute Gasteiger partial charge is 0.152 e. The molecule has 0 unspecified atom stereocenters. The first-order valence-corrected chi connectivity index (χ1v) is 9.11. The van der Waals surface area contributed by atoms with Gasteiger partial charge in [0.25, 0.3) is 0 Å². The van der Waals surface area contributed by atoms with E-state index >= 15 is 0 Å². The summed E-state index contributed by atoms with van der Waals surface area (Å²) in [5.74, 6) is 1.49. The summed E-state index contributed by atoms with van der Waals surface area (Å²) in [5.41, 5.74) is 4.18. The Morgan fingerprint density at radius 2 is 1.54 bits per heavy atom. The molecule has 1 aliphatic rings. The SMILES string of the molecule is c1ccc(C(=Nc2ccc(COCC3CC3)cn2)c2ccccc2)cc1. The Bertz CT molecular complexity index is 812. The zero-order valence-electron chi connectivity index (χ0n) is 14.7. The molecule has 0 spiro atoms. The largest absolute Gasteiger partial charge is 0.376 e. The van der Waals surface area contributed by atoms with Crippen molar-refractivity contribution in [3.05, 3.63) is 95.7 Å². The Morgan fingerprint density at radius 1 is 0.885 bits per heavy atom. The number of rotatable bonds is 7. The van der Waals surface area contributed by atoms with E-state index in [1.165, 1.54) is 12.8 Å². The van der Waals surface area contributed by atoms with Crippen LogP contribution in [0.5, 0.6) is 0 Å². The molecule has 0 atom stereocenters. The number of nitrogens with zero attached hydrogens (tertiary/aromatic N) is 2. The van der Waals surface area contributed by atoms with E-state index in [0.717, 1.165) is 34.9 Å². The summed E-state index contributed by atoms with van der Waals surface area (Å²) in [6.45, 7) is 1.49. The van der Waals surface area contributed by atoms with Gasteiger partial charge < -0.3 is 4.74 Å². The van der Waals surface area contributed by atoms with Crippen LogP contribution in [0.25, 0.3) is 0 Å². The van der Waals surface area contributed by atoms with Gasteiger partial charge in [-0.1, -0.05) is 66.7 Å². The van der Waals surface area contributed by atoms with E-state index in [2.05, 4.69) is 29.2 Å². The molecular formula is C23H22N2O. The summed E-state index contributed by atoms with van der Waals surface area (Å²) in [7, 11) is 0. The van der Waals surface area contributed by atoms with Crippen LogP contribution in [0, 0.1) is 5.92 Å². The molecule has 0 bridgehead atoms. The zero-order chi connectivity index (χ0) is 17.6. The summed E-state index contributed by atoms with van der Waals surface area (Å²) in [5, 5.41) is 0. The molecule has 1 saturated carbocycles. The maximum absolute atomic E-state index is 5.73. The number of hydrogen-bond acceptors (Lipinski definition) is 3. The van der Waals surface area contributed by atoms with Crippen LogP contribution in [-0.2, 0) is 11.3 Å². The van der Waals surface area contributed by atoms with Crippen molar-refractivity contribution in [2.75, 3.05) is 6.61 Å². The number of aliphatic imine (C=N–C) groups is 1. The third-order valence-corrected chi connectivity index (χ3v) is 4.45. The van der Waals surface area contributed by atoms with Crippen molar-refractivity contribution in [3.8, 4) is 0 Å². The standard InChI is InChI=1S/C23H22N2O/c1-3-7-20(8-4-1)23(21-9-5-2-6-10-21)25-22-14-13-19(15-24-22)17-26-16-18-11-12-18/h1-10,13-15,18H,11-12,16-17H2. The van der Waals surface area contributed by atoms with E-state index in [1.807, 2.05) is 54.7 Å². The lowest BCUT2D eigenvalue weighted by Gasteiger charge is -2.08. The predicted octanol–water partition coefficient (Wildman–Crippen LogP) is 5.18. The van der Waals surface area contributed by atoms with Crippen LogP contribution in [0.4, 0.5) is 5.82 Å². The highest BCUT2D eigenvalue weighted by Crippen LogP contribution is 2.29. The van der Waals surface area contributed by atoms with Crippen molar-refractivity contribution in [2.24, 2.45) is 10.9 Å². The van der Waals surface area contributed by atoms with E-state index in [1.54, 1.807) is 0 Å². The first-order chi connectivity index (χ1) is 12.9. The maximum Gasteiger partial charge on any atom is 0.152 e. The highest BCUT2D eigenvalue weighted by molar-refractivity contribution is 6.13. The van der Waals surface area contributed by atoms with Crippen LogP contribution in [0.3, 0.4) is 0 Å². The molecule has 2 aromatic carbocycles. The summed E-state index contributed by atoms with van der Waals surface area (Å²) < 4.78 is 5.73. The minimum Gasteiger partial charge on any atom is -0.376 e. The van der Waals surface area contributed by atoms with Gasteiger partial charge in [-0.3, -0.25) is 0 Å². The third-order valence-electron chi connectivity index (χ3n) is 4.45. The van der Waals surface area contributed by atoms with Gasteiger partial charge in [-0.25, -0.2) is 9.98 Å². The first-order valence-electron chi connectivity index (χ1n) is 9.11. The molecule has 3 nitrogen and oxygen atoms in total. The monoisotopic (exact) mass is 342 g/mol. The number of pyridine rings is 1. The second-order valence-electron chi connectivity index (χ2n) is 6.68. The lowest BCUT2D eigenvalue weighted by molar-refractivity contribution is 0.111. The van der Waals surface area contributed by atoms with Crippen LogP contribution in [0.2, 0.25) is 0 Å². The van der Waals surface area contributed by atoms with E-state index in [4.69, 9.17) is 9.73 Å². The third kappa shape index (κ3) is 4.44. The fourth-order valence-corrected chi connectivity index (χ4v) is 2.80. The molecule has 1 aromatic heterocycles. The molecule has 26 heavy (non-hydrogen) atoms. The number of benzene rings is 2. The summed E-state index contributed by atoms with van der Waals surface area (Å²) in [4.78, 5) is 9.34. The van der Waals surface area contributed by atoms with E-state index in [9.17, 15) is 0 Å². The summed E-state index contributed by atoms with van der Waals surface area (Å²) >= 11 is 0. The van der Waals surface area contributed by atoms with Gasteiger partial charge in [-0.15, -0.1) is 0 Å². The molecule has 0 N–H and O–H groups in total. The van der Waals surface area contributed by atoms with E-state index in [-0.39, 0.29) is 0 Å². The Hall–Kier alpha value is -2.78. The van der Waals surface area contributed by atoms with Crippen LogP contribution < -0.4 is 0 Å². The molecular weight excluding hydrogens is 320 g/mol. The molecule has 0 amide bonds. The van der Waals surface area contributed by atoms with Crippen molar-refractivity contribution in [2.45, 2.75) is 19.4 Å². The zero-order valence-corrected chi connectivity index (χ0v) is 14.7. The lowest BCUT2D eigenvalue weighted by Crippen LogP contribution is -2.03. The van der Waals surface area contributed by atoms with E-state index in [0.29, 0.717) is 12.4 Å². The molecule has 1 fully saturated rings. The van der Waals surface area contributed by atoms with Crippen molar-refractivity contribution in [1.29, 1.82) is 0 Å². The quantitative estimate of drug-likeness (QED) is 0.555. The molecule has 1 heterocycles. The van der Waals surface area contributed by atoms with Gasteiger partial charge in [0.2, 0.25) is 0 Å². The van der Waals surface area contributed by atoms with Gasteiger partial charge in [-0.05, 0) is 30.4 Å². The molecule has 3 heteroatoms. The van der Waals surface area contributed by atoms with Crippen molar-refractivity contribution < 1.29 is 4.74 Å². The summed E-state index contributed by atoms with van der Waals surface area (Å²) in [6.07, 6.45) is 4.49. The maximum atomic E-state index is 5.73. The minimum absolute atomic E-state index is 0.623. The van der Waals surface area contributed by atoms with Gasteiger partial charge >= 0.3 is 0 Å². The van der Waals surface area contributed by atoms with Gasteiger partial charge in [0, 0.05) is 23.9 Å². The summed E-state index contributed by atoms with van der Waals surface area (Å²) in [6, 6.07) is 24.5. The number of hydrogen-bond donors (Lipinski definition) is 0. The highest BCUT2D eigenvalue weighted by atomic mass is 16.5. The Balaban J connectivity index is 1.55. The van der Waals surface area contributed by atoms with Crippen LogP contribution in [-0.4, -0.2) is 17.3 Å². The fraction of sp³-hybridized carbons (Fsp3) is 0.217. The normalized spacial score (nSPS) is 13.4. The Kier molecular flexibility index (Phi) is 5.17. The average molecular weight is 342 g/mol. The number of aromatic nitrogens is 1. The van der Waals surface area contributed by atoms with Gasteiger partial charge in [0.05, 0.1) is 12.3 Å². The molecule has 0 aliphatic heterocycles. The molecule has 1 aliphatic carbocycles. The van der Waals surface area contributed by atoms with Gasteiger partial charge in [-0.2, -0.15) is 0 Å². The second kappa shape index (κ2) is 8.07. The topological polar surface area (TPSA) is 34.5 Å². The van der Waals surface area contributed by atoms with Crippen LogP contribution in [0.1, 0.15) is 29.5 Å². The lowest BCUT2D eigenvalue weighted by atomic mass is 10.0. The average Bonchev–Trinajstić information content (AvgIpc) is 3.53. The second-order valence-corrected chi connectivity index (χ2v) is 6.68. The van der Waals surface area contributed by atoms with Gasteiger partial charge in [0.1, 0.15) is 0 Å². The van der Waals surface area contributed by atoms with Gasteiger partial charge in [0.15, 0.2) is 5.82 Å². The first kappa shape index (κ1) is 16.7. The Labute approximate surface area is 154 Å². The predicted molar refractivity (Wildman–Crippen MR) is 105 cm³/mol. The fourth-order valence-electron chi connectivity index (χ4n) is 2.80. The molecule has 0 radical (unpaired) electrons. The molecule has 130 valence electrons. The Morgan fingerprint density at radius 3 is 2.08 bits per heavy atom. The molecule has 3 aromatic rings. The van der Waals surface area contributed by atoms with Crippen molar-refractivity contribution >= 4 is 11.5 Å². The molecule has 4 rings (SSSR count). The van der Waals surface area contributed by atoms with Crippen LogP contribution in [0.15, 0.2) is 84.0 Å². The van der Waals surface area contributed by atoms with E-state index < -0.39 is 0 Å². The van der Waals surface area contributed by atoms with Crippen molar-refractivity contribution in [1.82, 2.24) is 4.98 Å². The minimum atomic E-state index is 0.623. The van der Waals surface area contributed by atoms with Crippen LogP contribution >= 0.6 is 0 Å². The number of ether oxygens (including phenoxy) is 1. The molecule has 0 saturated heterocycles. The highest BCUT2D eigenvalue weighted by Gasteiger charge is 2.21.